The number of amides is 1. The van der Waals surface area contributed by atoms with Crippen molar-refractivity contribution < 1.29 is 23.8 Å². The van der Waals surface area contributed by atoms with Crippen LogP contribution in [0, 0.1) is 5.92 Å². The van der Waals surface area contributed by atoms with Crippen LogP contribution in [0.25, 0.3) is 17.1 Å². The van der Waals surface area contributed by atoms with Gasteiger partial charge in [0.05, 0.1) is 12.2 Å². The molecule has 1 aliphatic heterocycles. The Bertz CT molecular complexity index is 1910. The Kier molecular flexibility index (Phi) is 11.5. The highest BCUT2D eigenvalue weighted by atomic mass is 16.5. The first-order chi connectivity index (χ1) is 24.8. The molecule has 2 heterocycles. The number of rotatable bonds is 13. The second-order valence-electron chi connectivity index (χ2n) is 13.3. The van der Waals surface area contributed by atoms with Gasteiger partial charge in [0.2, 0.25) is 11.7 Å². The lowest BCUT2D eigenvalue weighted by atomic mass is 9.90. The Morgan fingerprint density at radius 2 is 1.39 bits per heavy atom. The van der Waals surface area contributed by atoms with Crippen molar-refractivity contribution in [2.75, 3.05) is 19.7 Å². The van der Waals surface area contributed by atoms with Gasteiger partial charge in [-0.3, -0.25) is 9.36 Å². The van der Waals surface area contributed by atoms with Gasteiger partial charge >= 0.3 is 5.97 Å². The zero-order valence-corrected chi connectivity index (χ0v) is 29.9. The van der Waals surface area contributed by atoms with E-state index in [1.165, 1.54) is 5.56 Å². The molecule has 1 aliphatic rings. The van der Waals surface area contributed by atoms with E-state index in [2.05, 4.69) is 36.2 Å². The third-order valence-electron chi connectivity index (χ3n) is 9.35. The van der Waals surface area contributed by atoms with E-state index < -0.39 is 5.97 Å². The number of hydrogen-bond acceptors (Lipinski definition) is 7. The standard InChI is InChI=1S/C42H46N4O5/c1-5-49-42(48)41-44-43-40(46(41)35-18-16-31(17-19-35)24-32-20-22-45(23-21-32)30(4)47)37-25-36(29(2)3)38(50-27-33-12-8-6-9-13-33)26-39(37)51-28-34-14-10-7-11-15-34/h6-19,25-26,29,32H,5,20-24,27-28H2,1-4H3. The average Bonchev–Trinajstić information content (AvgIpc) is 3.59. The quantitative estimate of drug-likeness (QED) is 0.115. The Balaban J connectivity index is 1.38. The van der Waals surface area contributed by atoms with Gasteiger partial charge in [-0.1, -0.05) is 86.6 Å². The van der Waals surface area contributed by atoms with Crippen LogP contribution in [0.3, 0.4) is 0 Å². The van der Waals surface area contributed by atoms with E-state index in [-0.39, 0.29) is 24.3 Å². The smallest absolute Gasteiger partial charge is 0.376 e. The van der Waals surface area contributed by atoms with Crippen molar-refractivity contribution in [3.05, 3.63) is 125 Å². The first kappa shape index (κ1) is 35.4. The predicted octanol–water partition coefficient (Wildman–Crippen LogP) is 8.19. The first-order valence-electron chi connectivity index (χ1n) is 17.8. The lowest BCUT2D eigenvalue weighted by Gasteiger charge is -2.31. The monoisotopic (exact) mass is 686 g/mol. The maximum absolute atomic E-state index is 13.3. The molecule has 51 heavy (non-hydrogen) atoms. The van der Waals surface area contributed by atoms with Crippen molar-refractivity contribution in [2.45, 2.75) is 66.1 Å². The van der Waals surface area contributed by atoms with Gasteiger partial charge < -0.3 is 19.1 Å². The summed E-state index contributed by atoms with van der Waals surface area (Å²) in [7, 11) is 0. The molecule has 6 rings (SSSR count). The molecule has 9 heteroatoms. The number of nitrogens with zero attached hydrogens (tertiary/aromatic N) is 4. The summed E-state index contributed by atoms with van der Waals surface area (Å²) in [5, 5.41) is 8.98. The van der Waals surface area contributed by atoms with E-state index in [0.717, 1.165) is 60.5 Å². The fourth-order valence-corrected chi connectivity index (χ4v) is 6.52. The second kappa shape index (κ2) is 16.5. The number of piperidine rings is 1. The molecule has 0 aliphatic carbocycles. The zero-order valence-electron chi connectivity index (χ0n) is 29.9. The summed E-state index contributed by atoms with van der Waals surface area (Å²) in [6, 6.07) is 32.2. The van der Waals surface area contributed by atoms with Crippen LogP contribution in [0.15, 0.2) is 97.1 Å². The highest BCUT2D eigenvalue weighted by Crippen LogP contribution is 2.40. The summed E-state index contributed by atoms with van der Waals surface area (Å²) in [4.78, 5) is 27.0. The average molecular weight is 687 g/mol. The maximum Gasteiger partial charge on any atom is 0.376 e. The van der Waals surface area contributed by atoms with Crippen LogP contribution in [-0.4, -0.2) is 51.2 Å². The fourth-order valence-electron chi connectivity index (χ4n) is 6.52. The number of likely N-dealkylation sites (tertiary alicyclic amines) is 1. The molecule has 1 aromatic heterocycles. The minimum atomic E-state index is -0.559. The van der Waals surface area contributed by atoms with Gasteiger partial charge in [-0.2, -0.15) is 0 Å². The van der Waals surface area contributed by atoms with E-state index >= 15 is 0 Å². The van der Waals surface area contributed by atoms with E-state index in [1.54, 1.807) is 18.4 Å². The highest BCUT2D eigenvalue weighted by Gasteiger charge is 2.27. The Morgan fingerprint density at radius 1 is 0.784 bits per heavy atom. The molecular weight excluding hydrogens is 640 g/mol. The molecule has 0 atom stereocenters. The van der Waals surface area contributed by atoms with Gasteiger partial charge in [-0.05, 0) is 78.5 Å². The molecule has 4 aromatic carbocycles. The largest absolute Gasteiger partial charge is 0.488 e. The van der Waals surface area contributed by atoms with Crippen molar-refractivity contribution in [3.8, 4) is 28.6 Å². The number of aromatic nitrogens is 3. The molecule has 9 nitrogen and oxygen atoms in total. The summed E-state index contributed by atoms with van der Waals surface area (Å²) in [5.41, 5.74) is 5.67. The normalized spacial score (nSPS) is 13.3. The van der Waals surface area contributed by atoms with E-state index in [0.29, 0.717) is 36.3 Å². The van der Waals surface area contributed by atoms with Gasteiger partial charge in [-0.15, -0.1) is 10.2 Å². The fraction of sp³-hybridized carbons (Fsp3) is 0.333. The van der Waals surface area contributed by atoms with Gasteiger partial charge in [0, 0.05) is 31.8 Å². The van der Waals surface area contributed by atoms with Crippen molar-refractivity contribution in [2.24, 2.45) is 5.92 Å². The van der Waals surface area contributed by atoms with Crippen molar-refractivity contribution in [3.63, 3.8) is 0 Å². The third kappa shape index (κ3) is 8.66. The lowest BCUT2D eigenvalue weighted by Crippen LogP contribution is -2.37. The van der Waals surface area contributed by atoms with Crippen molar-refractivity contribution in [1.82, 2.24) is 19.7 Å². The SMILES string of the molecule is CCOC(=O)c1nnc(-c2cc(C(C)C)c(OCc3ccccc3)cc2OCc2ccccc2)n1-c1ccc(CC2CCN(C(C)=O)CC2)cc1. The molecule has 1 fully saturated rings. The molecule has 5 aromatic rings. The molecule has 1 saturated heterocycles. The van der Waals surface area contributed by atoms with Crippen LogP contribution in [0.1, 0.15) is 79.3 Å². The van der Waals surface area contributed by atoms with E-state index in [9.17, 15) is 9.59 Å². The summed E-state index contributed by atoms with van der Waals surface area (Å²) < 4.78 is 20.2. The topological polar surface area (TPSA) is 95.8 Å². The number of benzene rings is 4. The highest BCUT2D eigenvalue weighted by molar-refractivity contribution is 5.87. The predicted molar refractivity (Wildman–Crippen MR) is 197 cm³/mol. The molecule has 0 radical (unpaired) electrons. The number of ether oxygens (including phenoxy) is 3. The molecule has 0 unspecified atom stereocenters. The molecule has 0 spiro atoms. The molecule has 1 amide bonds. The van der Waals surface area contributed by atoms with Crippen LogP contribution in [0.4, 0.5) is 0 Å². The van der Waals surface area contributed by atoms with Crippen molar-refractivity contribution in [1.29, 1.82) is 0 Å². The Hall–Kier alpha value is -5.44. The zero-order chi connectivity index (χ0) is 35.7. The summed E-state index contributed by atoms with van der Waals surface area (Å²) in [6.45, 7) is 10.2. The van der Waals surface area contributed by atoms with Crippen LogP contribution >= 0.6 is 0 Å². The minimum absolute atomic E-state index is 0.0840. The van der Waals surface area contributed by atoms with Crippen LogP contribution < -0.4 is 9.47 Å². The lowest BCUT2D eigenvalue weighted by molar-refractivity contribution is -0.130. The number of carbonyl (C=O) groups excluding carboxylic acids is 2. The van der Waals surface area contributed by atoms with Crippen LogP contribution in [0.2, 0.25) is 0 Å². The summed E-state index contributed by atoms with van der Waals surface area (Å²) in [5.74, 6) is 2.02. The maximum atomic E-state index is 13.3. The van der Waals surface area contributed by atoms with Gasteiger partial charge in [-0.25, -0.2) is 4.79 Å². The van der Waals surface area contributed by atoms with Crippen LogP contribution in [0.5, 0.6) is 11.5 Å². The van der Waals surface area contributed by atoms with Gasteiger partial charge in [0.1, 0.15) is 24.7 Å². The Morgan fingerprint density at radius 3 is 1.96 bits per heavy atom. The minimum Gasteiger partial charge on any atom is -0.488 e. The molecular formula is C42H46N4O5. The molecule has 264 valence electrons. The number of carbonyl (C=O) groups is 2. The molecule has 0 saturated carbocycles. The number of esters is 1. The van der Waals surface area contributed by atoms with Crippen molar-refractivity contribution >= 4 is 11.9 Å². The summed E-state index contributed by atoms with van der Waals surface area (Å²) in [6.07, 6.45) is 2.89. The first-order valence-corrected chi connectivity index (χ1v) is 17.8. The second-order valence-corrected chi connectivity index (χ2v) is 13.3. The van der Waals surface area contributed by atoms with Crippen LogP contribution in [-0.2, 0) is 29.2 Å². The summed E-state index contributed by atoms with van der Waals surface area (Å²) >= 11 is 0. The third-order valence-corrected chi connectivity index (χ3v) is 9.35. The van der Waals surface area contributed by atoms with Gasteiger partial charge in [0.15, 0.2) is 5.82 Å². The van der Waals surface area contributed by atoms with E-state index in [1.807, 2.05) is 89.8 Å². The molecule has 0 N–H and O–H groups in total. The number of hydrogen-bond donors (Lipinski definition) is 0. The van der Waals surface area contributed by atoms with E-state index in [4.69, 9.17) is 14.2 Å². The van der Waals surface area contributed by atoms with Gasteiger partial charge in [0.25, 0.3) is 0 Å². The molecule has 0 bridgehead atoms. The Labute approximate surface area is 300 Å².